The number of ether oxygens (including phenoxy) is 1. The molecule has 0 unspecified atom stereocenters. The highest BCUT2D eigenvalue weighted by Crippen LogP contribution is 2.31. The molecule has 4 rings (SSSR count). The van der Waals surface area contributed by atoms with E-state index in [1.807, 2.05) is 52.0 Å². The number of carbonyl (C=O) groups excluding carboxylic acids is 1. The highest BCUT2D eigenvalue weighted by Gasteiger charge is 2.33. The van der Waals surface area contributed by atoms with Crippen LogP contribution in [0.25, 0.3) is 17.2 Å². The molecule has 0 saturated carbocycles. The lowest BCUT2D eigenvalue weighted by atomic mass is 9.85. The second-order valence-corrected chi connectivity index (χ2v) is 12.0. The summed E-state index contributed by atoms with van der Waals surface area (Å²) in [5, 5.41) is 21.0. The number of aliphatic hydroxyl groups is 1. The normalized spacial score (nSPS) is 16.0. The van der Waals surface area contributed by atoms with Crippen LogP contribution in [-0.2, 0) is 22.4 Å². The maximum atomic E-state index is 13.4. The van der Waals surface area contributed by atoms with E-state index in [9.17, 15) is 19.8 Å². The van der Waals surface area contributed by atoms with Gasteiger partial charge in [0.15, 0.2) is 0 Å². The van der Waals surface area contributed by atoms with Gasteiger partial charge in [0.25, 0.3) is 0 Å². The first-order valence-electron chi connectivity index (χ1n) is 14.0. The van der Waals surface area contributed by atoms with Crippen LogP contribution in [0.15, 0.2) is 72.3 Å². The molecule has 0 heterocycles. The summed E-state index contributed by atoms with van der Waals surface area (Å²) in [7, 11) is 0. The zero-order valence-electron chi connectivity index (χ0n) is 24.1. The molecular weight excluding hydrogens is 538 g/mol. The average molecular weight is 576 g/mol. The molecule has 3 aromatic carbocycles. The van der Waals surface area contributed by atoms with Gasteiger partial charge >= 0.3 is 12.1 Å². The molecule has 1 aliphatic rings. The topological polar surface area (TPSA) is 87.1 Å². The second kappa shape index (κ2) is 12.9. The fourth-order valence-electron chi connectivity index (χ4n) is 5.14. The molecule has 7 heteroatoms. The van der Waals surface area contributed by atoms with Crippen molar-refractivity contribution in [2.45, 2.75) is 71.1 Å². The van der Waals surface area contributed by atoms with Crippen molar-refractivity contribution >= 4 is 29.7 Å². The molecule has 6 nitrogen and oxygen atoms in total. The fourth-order valence-corrected chi connectivity index (χ4v) is 5.27. The predicted molar refractivity (Wildman–Crippen MR) is 163 cm³/mol. The SMILES string of the molecule is CCC(=Cc1ccc(-c2ccc3c(c2)C[C@@H](N(C[C@H](O)c2ccc(Cl)cc2)C(=O)OC(C)(C)C)CC3)cc1)C(=O)O. The predicted octanol–water partition coefficient (Wildman–Crippen LogP) is 7.71. The van der Waals surface area contributed by atoms with Gasteiger partial charge in [0.1, 0.15) is 5.60 Å². The molecule has 0 radical (unpaired) electrons. The number of rotatable bonds is 8. The van der Waals surface area contributed by atoms with Crippen LogP contribution in [0.3, 0.4) is 0 Å². The third-order valence-electron chi connectivity index (χ3n) is 7.34. The van der Waals surface area contributed by atoms with Crippen LogP contribution in [0.2, 0.25) is 5.02 Å². The number of hydrogen-bond acceptors (Lipinski definition) is 4. The molecule has 0 fully saturated rings. The lowest BCUT2D eigenvalue weighted by molar-refractivity contribution is -0.132. The number of carbonyl (C=O) groups is 2. The zero-order valence-corrected chi connectivity index (χ0v) is 24.8. The first kappa shape index (κ1) is 30.4. The Labute approximate surface area is 247 Å². The van der Waals surface area contributed by atoms with Gasteiger partial charge in [-0.3, -0.25) is 0 Å². The van der Waals surface area contributed by atoms with E-state index < -0.39 is 23.8 Å². The van der Waals surface area contributed by atoms with E-state index in [2.05, 4.69) is 18.2 Å². The molecule has 2 N–H and O–H groups in total. The maximum absolute atomic E-state index is 13.4. The Morgan fingerprint density at radius 2 is 1.68 bits per heavy atom. The van der Waals surface area contributed by atoms with E-state index in [-0.39, 0.29) is 12.6 Å². The number of benzene rings is 3. The van der Waals surface area contributed by atoms with Crippen LogP contribution in [0.1, 0.15) is 68.9 Å². The van der Waals surface area contributed by atoms with Crippen LogP contribution in [-0.4, -0.2) is 45.4 Å². The molecule has 1 amide bonds. The van der Waals surface area contributed by atoms with Crippen LogP contribution >= 0.6 is 11.6 Å². The highest BCUT2D eigenvalue weighted by molar-refractivity contribution is 6.30. The van der Waals surface area contributed by atoms with Crippen molar-refractivity contribution in [3.8, 4) is 11.1 Å². The fraction of sp³-hybridized carbons (Fsp3) is 0.353. The molecule has 3 aromatic rings. The van der Waals surface area contributed by atoms with E-state index in [1.165, 1.54) is 5.56 Å². The molecular formula is C34H38ClNO5. The number of nitrogens with zero attached hydrogens (tertiary/aromatic N) is 1. The molecule has 216 valence electrons. The largest absolute Gasteiger partial charge is 0.478 e. The minimum Gasteiger partial charge on any atom is -0.478 e. The van der Waals surface area contributed by atoms with Gasteiger partial charge in [-0.05, 0) is 98.0 Å². The number of fused-ring (bicyclic) bond motifs is 1. The first-order chi connectivity index (χ1) is 19.4. The third-order valence-corrected chi connectivity index (χ3v) is 7.59. The van der Waals surface area contributed by atoms with Gasteiger partial charge in [0.2, 0.25) is 0 Å². The van der Waals surface area contributed by atoms with Gasteiger partial charge in [-0.1, -0.05) is 73.1 Å². The monoisotopic (exact) mass is 575 g/mol. The van der Waals surface area contributed by atoms with Crippen molar-refractivity contribution in [2.24, 2.45) is 0 Å². The molecule has 0 aliphatic heterocycles. The number of amides is 1. The van der Waals surface area contributed by atoms with E-state index in [1.54, 1.807) is 35.2 Å². The van der Waals surface area contributed by atoms with E-state index in [4.69, 9.17) is 16.3 Å². The first-order valence-corrected chi connectivity index (χ1v) is 14.4. The van der Waals surface area contributed by atoms with Gasteiger partial charge in [-0.25, -0.2) is 9.59 Å². The minimum absolute atomic E-state index is 0.112. The Hall–Kier alpha value is -3.61. The molecule has 2 atom stereocenters. The van der Waals surface area contributed by atoms with Crippen molar-refractivity contribution in [2.75, 3.05) is 6.54 Å². The number of aliphatic carboxylic acids is 1. The summed E-state index contributed by atoms with van der Waals surface area (Å²) in [6.45, 7) is 7.46. The number of aliphatic hydroxyl groups excluding tert-OH is 1. The van der Waals surface area contributed by atoms with E-state index in [0.717, 1.165) is 35.1 Å². The minimum atomic E-state index is -0.901. The molecule has 1 aliphatic carbocycles. The Balaban J connectivity index is 1.57. The molecule has 41 heavy (non-hydrogen) atoms. The lowest BCUT2D eigenvalue weighted by Gasteiger charge is -2.37. The molecule has 0 saturated heterocycles. The van der Waals surface area contributed by atoms with Crippen molar-refractivity contribution in [3.63, 3.8) is 0 Å². The van der Waals surface area contributed by atoms with E-state index >= 15 is 0 Å². The summed E-state index contributed by atoms with van der Waals surface area (Å²) in [5.74, 6) is -0.901. The second-order valence-electron chi connectivity index (χ2n) is 11.5. The number of carboxylic acid groups (broad SMARTS) is 1. The van der Waals surface area contributed by atoms with Gasteiger partial charge in [0, 0.05) is 16.6 Å². The van der Waals surface area contributed by atoms with Crippen LogP contribution in [0.5, 0.6) is 0 Å². The summed E-state index contributed by atoms with van der Waals surface area (Å²) in [6.07, 6.45) is 3.07. The van der Waals surface area contributed by atoms with E-state index in [0.29, 0.717) is 29.0 Å². The molecule has 0 spiro atoms. The standard InChI is InChI=1S/C34H38ClNO5/c1-5-23(32(38)39)18-22-6-8-24(9-7-22)27-11-10-25-14-17-30(20-28(25)19-27)36(33(40)41-34(2,3)4)21-31(37)26-12-15-29(35)16-13-26/h6-13,15-16,18-19,30-31,37H,5,14,17,20-21H2,1-4H3,(H,38,39)/t30-,31-/m0/s1. The summed E-state index contributed by atoms with van der Waals surface area (Å²) in [4.78, 5) is 26.4. The van der Waals surface area contributed by atoms with Crippen LogP contribution in [0, 0.1) is 0 Å². The number of halogens is 1. The smallest absolute Gasteiger partial charge is 0.410 e. The van der Waals surface area contributed by atoms with Gasteiger partial charge in [0.05, 0.1) is 12.6 Å². The molecule has 0 aromatic heterocycles. The van der Waals surface area contributed by atoms with Crippen LogP contribution < -0.4 is 0 Å². The third kappa shape index (κ3) is 7.99. The Kier molecular flexibility index (Phi) is 9.57. The maximum Gasteiger partial charge on any atom is 0.410 e. The van der Waals surface area contributed by atoms with Crippen molar-refractivity contribution < 1.29 is 24.5 Å². The summed E-state index contributed by atoms with van der Waals surface area (Å²) >= 11 is 6.03. The Morgan fingerprint density at radius 1 is 1.02 bits per heavy atom. The summed E-state index contributed by atoms with van der Waals surface area (Å²) in [5.41, 5.74) is 5.74. The Morgan fingerprint density at radius 3 is 2.29 bits per heavy atom. The van der Waals surface area contributed by atoms with Gasteiger partial charge in [-0.2, -0.15) is 0 Å². The van der Waals surface area contributed by atoms with Crippen molar-refractivity contribution in [3.05, 3.63) is 99.6 Å². The van der Waals surface area contributed by atoms with Gasteiger partial charge < -0.3 is 19.8 Å². The average Bonchev–Trinajstić information content (AvgIpc) is 2.93. The highest BCUT2D eigenvalue weighted by atomic mass is 35.5. The van der Waals surface area contributed by atoms with Crippen molar-refractivity contribution in [1.29, 1.82) is 0 Å². The Bertz CT molecular complexity index is 1410. The number of hydrogen-bond donors (Lipinski definition) is 2. The van der Waals surface area contributed by atoms with Crippen molar-refractivity contribution in [1.82, 2.24) is 4.90 Å². The van der Waals surface area contributed by atoms with Crippen LogP contribution in [0.4, 0.5) is 4.79 Å². The van der Waals surface area contributed by atoms with Gasteiger partial charge in [-0.15, -0.1) is 0 Å². The zero-order chi connectivity index (χ0) is 29.7. The quantitative estimate of drug-likeness (QED) is 0.269. The number of carboxylic acids is 1. The summed E-state index contributed by atoms with van der Waals surface area (Å²) < 4.78 is 5.76. The number of aryl methyl sites for hydroxylation is 1. The molecule has 0 bridgehead atoms. The summed E-state index contributed by atoms with van der Waals surface area (Å²) in [6, 6.07) is 21.2. The lowest BCUT2D eigenvalue weighted by Crippen LogP contribution is -2.47.